The second-order valence-electron chi connectivity index (χ2n) is 13.5. The summed E-state index contributed by atoms with van der Waals surface area (Å²) < 4.78 is 2.27. The summed E-state index contributed by atoms with van der Waals surface area (Å²) in [5, 5.41) is 17.4. The minimum absolute atomic E-state index is 0.627. The predicted octanol–water partition coefficient (Wildman–Crippen LogP) is 13.0. The van der Waals surface area contributed by atoms with Gasteiger partial charge in [0.1, 0.15) is 0 Å². The van der Waals surface area contributed by atoms with E-state index in [1.54, 1.807) is 0 Å². The zero-order valence-corrected chi connectivity index (χ0v) is 28.7. The second-order valence-corrected chi connectivity index (χ2v) is 13.5. The van der Waals surface area contributed by atoms with Crippen molar-refractivity contribution in [3.63, 3.8) is 0 Å². The van der Waals surface area contributed by atoms with Crippen LogP contribution in [-0.2, 0) is 0 Å². The van der Waals surface area contributed by atoms with E-state index in [4.69, 9.17) is 0 Å². The maximum absolute atomic E-state index is 10.2. The summed E-state index contributed by atoms with van der Waals surface area (Å²) in [7, 11) is 0. The number of benzene rings is 8. The zero-order chi connectivity index (χ0) is 35.3. The summed E-state index contributed by atoms with van der Waals surface area (Å²) in [4.78, 5) is 4.44. The highest BCUT2D eigenvalue weighted by molar-refractivity contribution is 6.22. The van der Waals surface area contributed by atoms with Crippen LogP contribution in [0.25, 0.3) is 93.5 Å². The Hall–Kier alpha value is -7.28. The number of nitrogens with zero attached hydrogens (tertiary/aromatic N) is 3. The predicted molar refractivity (Wildman–Crippen MR) is 220 cm³/mol. The fourth-order valence-electron chi connectivity index (χ4n) is 8.11. The van der Waals surface area contributed by atoms with E-state index in [9.17, 15) is 5.26 Å². The minimum atomic E-state index is 0.627. The maximum Gasteiger partial charge on any atom is 0.0992 e. The number of pyridine rings is 1. The van der Waals surface area contributed by atoms with Gasteiger partial charge in [0.2, 0.25) is 0 Å². The highest BCUT2D eigenvalue weighted by Gasteiger charge is 2.18. The van der Waals surface area contributed by atoms with Crippen molar-refractivity contribution in [3.05, 3.63) is 194 Å². The van der Waals surface area contributed by atoms with Gasteiger partial charge in [0.05, 0.1) is 28.9 Å². The molecule has 0 aliphatic rings. The van der Waals surface area contributed by atoms with Crippen LogP contribution in [0.1, 0.15) is 5.56 Å². The molecule has 53 heavy (non-hydrogen) atoms. The molecule has 0 aliphatic carbocycles. The molecule has 0 aliphatic heterocycles. The van der Waals surface area contributed by atoms with E-state index in [-0.39, 0.29) is 0 Å². The average Bonchev–Trinajstić information content (AvgIpc) is 3.57. The van der Waals surface area contributed by atoms with Crippen molar-refractivity contribution in [2.75, 3.05) is 0 Å². The third kappa shape index (κ3) is 5.08. The van der Waals surface area contributed by atoms with Gasteiger partial charge in [-0.15, -0.1) is 0 Å². The van der Waals surface area contributed by atoms with Crippen LogP contribution in [0.15, 0.2) is 188 Å². The van der Waals surface area contributed by atoms with Gasteiger partial charge in [-0.25, -0.2) is 0 Å². The highest BCUT2D eigenvalue weighted by atomic mass is 15.0. The Kier molecular flexibility index (Phi) is 7.20. The molecule has 0 N–H and O–H groups in total. The number of hydrogen-bond donors (Lipinski definition) is 0. The minimum Gasteiger partial charge on any atom is -0.308 e. The van der Waals surface area contributed by atoms with Gasteiger partial charge >= 0.3 is 0 Å². The first-order valence-corrected chi connectivity index (χ1v) is 17.8. The number of rotatable bonds is 5. The van der Waals surface area contributed by atoms with Gasteiger partial charge in [0.25, 0.3) is 0 Å². The summed E-state index contributed by atoms with van der Waals surface area (Å²) in [6.07, 6.45) is 3.79. The number of aromatic nitrogens is 2. The Morgan fingerprint density at radius 3 is 1.62 bits per heavy atom. The van der Waals surface area contributed by atoms with E-state index in [0.29, 0.717) is 5.56 Å². The van der Waals surface area contributed by atoms with Gasteiger partial charge < -0.3 is 4.57 Å². The van der Waals surface area contributed by atoms with Gasteiger partial charge in [-0.05, 0) is 115 Å². The molecule has 2 aromatic heterocycles. The first kappa shape index (κ1) is 30.5. The summed E-state index contributed by atoms with van der Waals surface area (Å²) in [6, 6.07) is 64.7. The quantitative estimate of drug-likeness (QED) is 0.171. The molecule has 0 amide bonds. The van der Waals surface area contributed by atoms with Gasteiger partial charge in [-0.3, -0.25) is 4.98 Å². The molecular formula is C50H31N3. The molecular weight excluding hydrogens is 643 g/mol. The van der Waals surface area contributed by atoms with Crippen molar-refractivity contribution >= 4 is 43.4 Å². The molecule has 2 heterocycles. The van der Waals surface area contributed by atoms with E-state index >= 15 is 0 Å². The standard InChI is InChI=1S/C50H31N3/c51-31-33-27-38(34-19-22-40(23-20-34)53-47-18-10-9-15-41(47)42-25-26-52-32-48(42)53)29-39(28-33)37-21-24-45-46(30-37)50(36-13-5-2-6-14-36)44-17-8-7-16-43(44)49(45)35-11-3-1-4-12-35/h1-30,32H. The average molecular weight is 674 g/mol. The third-order valence-corrected chi connectivity index (χ3v) is 10.5. The van der Waals surface area contributed by atoms with E-state index in [0.717, 1.165) is 39.0 Å². The maximum atomic E-state index is 10.2. The smallest absolute Gasteiger partial charge is 0.0992 e. The van der Waals surface area contributed by atoms with Gasteiger partial charge in [-0.1, -0.05) is 127 Å². The Balaban J connectivity index is 1.14. The zero-order valence-electron chi connectivity index (χ0n) is 28.7. The topological polar surface area (TPSA) is 41.6 Å². The van der Waals surface area contributed by atoms with Crippen molar-refractivity contribution in [1.29, 1.82) is 5.26 Å². The number of fused-ring (bicyclic) bond motifs is 5. The molecule has 0 unspecified atom stereocenters. The van der Waals surface area contributed by atoms with Crippen molar-refractivity contribution in [2.45, 2.75) is 0 Å². The van der Waals surface area contributed by atoms with E-state index in [1.165, 1.54) is 54.6 Å². The molecule has 0 radical (unpaired) electrons. The molecule has 0 fully saturated rings. The molecule has 8 aromatic carbocycles. The van der Waals surface area contributed by atoms with Gasteiger partial charge in [-0.2, -0.15) is 5.26 Å². The fourth-order valence-corrected chi connectivity index (χ4v) is 8.11. The van der Waals surface area contributed by atoms with Gasteiger partial charge in [0.15, 0.2) is 0 Å². The lowest BCUT2D eigenvalue weighted by Crippen LogP contribution is -1.94. The monoisotopic (exact) mass is 673 g/mol. The Bertz CT molecular complexity index is 2990. The van der Waals surface area contributed by atoms with Crippen LogP contribution in [-0.4, -0.2) is 9.55 Å². The van der Waals surface area contributed by atoms with Crippen molar-refractivity contribution in [2.24, 2.45) is 0 Å². The first-order valence-electron chi connectivity index (χ1n) is 17.8. The van der Waals surface area contributed by atoms with E-state index in [2.05, 4.69) is 179 Å². The van der Waals surface area contributed by atoms with Crippen LogP contribution in [0.4, 0.5) is 0 Å². The lowest BCUT2D eigenvalue weighted by atomic mass is 9.84. The largest absolute Gasteiger partial charge is 0.308 e. The normalized spacial score (nSPS) is 11.4. The lowest BCUT2D eigenvalue weighted by molar-refractivity contribution is 1.17. The van der Waals surface area contributed by atoms with Crippen molar-refractivity contribution in [1.82, 2.24) is 9.55 Å². The summed E-state index contributed by atoms with van der Waals surface area (Å²) >= 11 is 0. The number of nitriles is 1. The van der Waals surface area contributed by atoms with Crippen LogP contribution in [0.5, 0.6) is 0 Å². The van der Waals surface area contributed by atoms with E-state index in [1.807, 2.05) is 24.5 Å². The van der Waals surface area contributed by atoms with Crippen LogP contribution in [0, 0.1) is 11.3 Å². The Morgan fingerprint density at radius 2 is 0.943 bits per heavy atom. The molecule has 0 saturated heterocycles. The molecule has 0 saturated carbocycles. The molecule has 10 rings (SSSR count). The number of hydrogen-bond acceptors (Lipinski definition) is 2. The van der Waals surface area contributed by atoms with Crippen molar-refractivity contribution < 1.29 is 0 Å². The highest BCUT2D eigenvalue weighted by Crippen LogP contribution is 2.45. The molecule has 0 spiro atoms. The van der Waals surface area contributed by atoms with Crippen LogP contribution in [0.2, 0.25) is 0 Å². The second kappa shape index (κ2) is 12.5. The summed E-state index contributed by atoms with van der Waals surface area (Å²) in [6.45, 7) is 0. The van der Waals surface area contributed by atoms with E-state index < -0.39 is 0 Å². The van der Waals surface area contributed by atoms with Crippen molar-refractivity contribution in [3.8, 4) is 56.3 Å². The summed E-state index contributed by atoms with van der Waals surface area (Å²) in [5.41, 5.74) is 12.8. The molecule has 246 valence electrons. The third-order valence-electron chi connectivity index (χ3n) is 10.5. The molecule has 10 aromatic rings. The van der Waals surface area contributed by atoms with Gasteiger partial charge in [0, 0.05) is 22.7 Å². The Morgan fingerprint density at radius 1 is 0.396 bits per heavy atom. The number of para-hydroxylation sites is 1. The first-order chi connectivity index (χ1) is 26.2. The van der Waals surface area contributed by atoms with Crippen LogP contribution >= 0.6 is 0 Å². The summed E-state index contributed by atoms with van der Waals surface area (Å²) in [5.74, 6) is 0. The van der Waals surface area contributed by atoms with Crippen LogP contribution < -0.4 is 0 Å². The van der Waals surface area contributed by atoms with Crippen LogP contribution in [0.3, 0.4) is 0 Å². The SMILES string of the molecule is N#Cc1cc(-c2ccc(-n3c4ccccc4c4ccncc43)cc2)cc(-c2ccc3c(-c4ccccc4)c4ccccc4c(-c4ccccc4)c3c2)c1. The lowest BCUT2D eigenvalue weighted by Gasteiger charge is -2.19. The molecule has 0 bridgehead atoms. The molecule has 0 atom stereocenters. The molecule has 3 heteroatoms. The fraction of sp³-hybridized carbons (Fsp3) is 0. The Labute approximate surface area is 307 Å². The molecule has 3 nitrogen and oxygen atoms in total.